The molecule has 21 heavy (non-hydrogen) atoms. The Kier molecular flexibility index (Phi) is 4.73. The number of hydrogen-bond acceptors (Lipinski definition) is 4. The van der Waals surface area contributed by atoms with Crippen LogP contribution in [0.2, 0.25) is 0 Å². The molecule has 0 saturated carbocycles. The van der Waals surface area contributed by atoms with Gasteiger partial charge in [0.2, 0.25) is 0 Å². The average Bonchev–Trinajstić information content (AvgIpc) is 2.95. The third kappa shape index (κ3) is 3.54. The van der Waals surface area contributed by atoms with E-state index in [1.807, 2.05) is 24.3 Å². The van der Waals surface area contributed by atoms with E-state index in [2.05, 4.69) is 9.80 Å². The fourth-order valence-electron chi connectivity index (χ4n) is 3.34. The van der Waals surface area contributed by atoms with Gasteiger partial charge in [-0.3, -0.25) is 9.80 Å². The zero-order chi connectivity index (χ0) is 14.7. The number of nitrogens with two attached hydrogens (primary N) is 1. The number of nitrogens with zero attached hydrogens (tertiary/aromatic N) is 2. The molecule has 2 N–H and O–H groups in total. The van der Waals surface area contributed by atoms with E-state index in [0.29, 0.717) is 11.6 Å². The lowest BCUT2D eigenvalue weighted by atomic mass is 10.1. The first-order valence-corrected chi connectivity index (χ1v) is 8.13. The standard InChI is InChI=1S/C16H23N3OS/c17-16(21)14-5-1-2-6-15(14)20-11-10-18-8-9-19-7-3-4-13(19)12-18/h1-2,5-6,13H,3-4,7-12H2,(H2,17,21). The first-order valence-electron chi connectivity index (χ1n) is 7.72. The number of piperazine rings is 1. The number of fused-ring (bicyclic) bond motifs is 1. The van der Waals surface area contributed by atoms with Gasteiger partial charge >= 0.3 is 0 Å². The molecule has 0 aliphatic carbocycles. The molecule has 2 fully saturated rings. The van der Waals surface area contributed by atoms with Crippen LogP contribution in [-0.4, -0.2) is 60.2 Å². The summed E-state index contributed by atoms with van der Waals surface area (Å²) in [4.78, 5) is 5.53. The predicted octanol–water partition coefficient (Wildman–Crippen LogP) is 1.48. The zero-order valence-corrected chi connectivity index (χ0v) is 13.1. The molecular weight excluding hydrogens is 282 g/mol. The summed E-state index contributed by atoms with van der Waals surface area (Å²) in [5.41, 5.74) is 6.55. The van der Waals surface area contributed by atoms with Crippen LogP contribution in [0.1, 0.15) is 18.4 Å². The van der Waals surface area contributed by atoms with Crippen LogP contribution in [0.25, 0.3) is 0 Å². The molecule has 1 aromatic rings. The second kappa shape index (κ2) is 6.73. The maximum absolute atomic E-state index is 5.89. The summed E-state index contributed by atoms with van der Waals surface area (Å²) in [6, 6.07) is 8.50. The molecule has 0 bridgehead atoms. The van der Waals surface area contributed by atoms with Gasteiger partial charge in [0.15, 0.2) is 0 Å². The molecule has 114 valence electrons. The fourth-order valence-corrected chi connectivity index (χ4v) is 3.51. The molecular formula is C16H23N3OS. The van der Waals surface area contributed by atoms with E-state index in [9.17, 15) is 0 Å². The maximum atomic E-state index is 5.89. The molecule has 1 unspecified atom stereocenters. The van der Waals surface area contributed by atoms with Gasteiger partial charge in [0.05, 0.1) is 5.56 Å². The van der Waals surface area contributed by atoms with Gasteiger partial charge in [0.25, 0.3) is 0 Å². The van der Waals surface area contributed by atoms with Gasteiger partial charge in [-0.1, -0.05) is 24.4 Å². The summed E-state index contributed by atoms with van der Waals surface area (Å²) in [7, 11) is 0. The predicted molar refractivity (Wildman–Crippen MR) is 88.9 cm³/mol. The van der Waals surface area contributed by atoms with Crippen LogP contribution >= 0.6 is 12.2 Å². The van der Waals surface area contributed by atoms with Crippen molar-refractivity contribution in [1.82, 2.24) is 9.80 Å². The number of thiocarbonyl (C=S) groups is 1. The molecule has 3 rings (SSSR count). The molecule has 2 heterocycles. The molecule has 4 nitrogen and oxygen atoms in total. The van der Waals surface area contributed by atoms with Crippen LogP contribution in [0.3, 0.4) is 0 Å². The van der Waals surface area contributed by atoms with Gasteiger partial charge in [0, 0.05) is 32.2 Å². The fraction of sp³-hybridized carbons (Fsp3) is 0.562. The Morgan fingerprint density at radius 3 is 3.00 bits per heavy atom. The van der Waals surface area contributed by atoms with E-state index in [4.69, 9.17) is 22.7 Å². The normalized spacial score (nSPS) is 23.0. The summed E-state index contributed by atoms with van der Waals surface area (Å²) in [6.45, 7) is 6.48. The number of benzene rings is 1. The molecule has 2 aliphatic rings. The molecule has 2 aliphatic heterocycles. The van der Waals surface area contributed by atoms with Crippen LogP contribution in [0.5, 0.6) is 5.75 Å². The van der Waals surface area contributed by atoms with Crippen molar-refractivity contribution in [3.05, 3.63) is 29.8 Å². The Balaban J connectivity index is 1.49. The Hall–Kier alpha value is -1.17. The van der Waals surface area contributed by atoms with Crippen LogP contribution < -0.4 is 10.5 Å². The topological polar surface area (TPSA) is 41.7 Å². The largest absolute Gasteiger partial charge is 0.492 e. The first kappa shape index (κ1) is 14.8. The summed E-state index contributed by atoms with van der Waals surface area (Å²) >= 11 is 5.06. The second-order valence-corrected chi connectivity index (χ2v) is 6.28. The highest BCUT2D eigenvalue weighted by molar-refractivity contribution is 7.80. The molecule has 0 spiro atoms. The lowest BCUT2D eigenvalue weighted by Crippen LogP contribution is -2.50. The van der Waals surface area contributed by atoms with Gasteiger partial charge in [-0.15, -0.1) is 0 Å². The quantitative estimate of drug-likeness (QED) is 0.835. The Morgan fingerprint density at radius 1 is 1.29 bits per heavy atom. The minimum atomic E-state index is 0.394. The second-order valence-electron chi connectivity index (χ2n) is 5.84. The van der Waals surface area contributed by atoms with Gasteiger partial charge < -0.3 is 10.5 Å². The Labute approximate surface area is 131 Å². The third-order valence-electron chi connectivity index (χ3n) is 4.49. The molecule has 0 radical (unpaired) electrons. The summed E-state index contributed by atoms with van der Waals surface area (Å²) in [5.74, 6) is 0.796. The molecule has 2 saturated heterocycles. The zero-order valence-electron chi connectivity index (χ0n) is 12.3. The smallest absolute Gasteiger partial charge is 0.129 e. The van der Waals surface area contributed by atoms with Gasteiger partial charge in [-0.2, -0.15) is 0 Å². The van der Waals surface area contributed by atoms with E-state index in [1.54, 1.807) is 0 Å². The van der Waals surface area contributed by atoms with Crippen LogP contribution in [0.15, 0.2) is 24.3 Å². The summed E-state index contributed by atoms with van der Waals surface area (Å²) in [6.07, 6.45) is 2.71. The molecule has 0 amide bonds. The lowest BCUT2D eigenvalue weighted by Gasteiger charge is -2.37. The minimum Gasteiger partial charge on any atom is -0.492 e. The van der Waals surface area contributed by atoms with E-state index >= 15 is 0 Å². The maximum Gasteiger partial charge on any atom is 0.129 e. The molecule has 5 heteroatoms. The van der Waals surface area contributed by atoms with Crippen molar-refractivity contribution in [3.63, 3.8) is 0 Å². The minimum absolute atomic E-state index is 0.394. The monoisotopic (exact) mass is 305 g/mol. The first-order chi connectivity index (χ1) is 10.2. The molecule has 0 aromatic heterocycles. The van der Waals surface area contributed by atoms with Crippen molar-refractivity contribution >= 4 is 17.2 Å². The Bertz CT molecular complexity index is 508. The van der Waals surface area contributed by atoms with E-state index in [1.165, 1.54) is 32.5 Å². The molecule has 1 aromatic carbocycles. The highest BCUT2D eigenvalue weighted by atomic mass is 32.1. The summed E-state index contributed by atoms with van der Waals surface area (Å²) in [5, 5.41) is 0. The van der Waals surface area contributed by atoms with Gasteiger partial charge in [-0.25, -0.2) is 0 Å². The lowest BCUT2D eigenvalue weighted by molar-refractivity contribution is 0.0922. The number of ether oxygens (including phenoxy) is 1. The summed E-state index contributed by atoms with van der Waals surface area (Å²) < 4.78 is 5.89. The van der Waals surface area contributed by atoms with Crippen molar-refractivity contribution < 1.29 is 4.74 Å². The Morgan fingerprint density at radius 2 is 2.14 bits per heavy atom. The average molecular weight is 305 g/mol. The van der Waals surface area contributed by atoms with E-state index in [-0.39, 0.29) is 0 Å². The van der Waals surface area contributed by atoms with Crippen LogP contribution in [0, 0.1) is 0 Å². The van der Waals surface area contributed by atoms with E-state index < -0.39 is 0 Å². The number of rotatable bonds is 5. The van der Waals surface area contributed by atoms with Gasteiger partial charge in [0.1, 0.15) is 17.3 Å². The van der Waals surface area contributed by atoms with Crippen molar-refractivity contribution in [1.29, 1.82) is 0 Å². The third-order valence-corrected chi connectivity index (χ3v) is 4.71. The highest BCUT2D eigenvalue weighted by Gasteiger charge is 2.30. The molecule has 1 atom stereocenters. The van der Waals surface area contributed by atoms with Crippen LogP contribution in [0.4, 0.5) is 0 Å². The van der Waals surface area contributed by atoms with Crippen LogP contribution in [-0.2, 0) is 0 Å². The SMILES string of the molecule is NC(=S)c1ccccc1OCCN1CCN2CCCC2C1. The van der Waals surface area contributed by atoms with E-state index in [0.717, 1.165) is 30.4 Å². The number of para-hydroxylation sites is 1. The highest BCUT2D eigenvalue weighted by Crippen LogP contribution is 2.21. The van der Waals surface area contributed by atoms with Gasteiger partial charge in [-0.05, 0) is 31.5 Å². The van der Waals surface area contributed by atoms with Crippen molar-refractivity contribution in [2.45, 2.75) is 18.9 Å². The van der Waals surface area contributed by atoms with Crippen molar-refractivity contribution in [2.75, 3.05) is 39.3 Å². The van der Waals surface area contributed by atoms with Crippen molar-refractivity contribution in [2.24, 2.45) is 5.73 Å². The number of hydrogen-bond donors (Lipinski definition) is 1. The van der Waals surface area contributed by atoms with Crippen molar-refractivity contribution in [3.8, 4) is 5.75 Å².